The fourth-order valence-corrected chi connectivity index (χ4v) is 2.38. The maximum Gasteiger partial charge on any atom is 0.157 e. The predicted octanol–water partition coefficient (Wildman–Crippen LogP) is 2.21. The Balaban J connectivity index is 2.50. The molecule has 2 heterocycles. The van der Waals surface area contributed by atoms with Crippen LogP contribution < -0.4 is 5.32 Å². The van der Waals surface area contributed by atoms with Gasteiger partial charge in [-0.25, -0.2) is 14.6 Å². The van der Waals surface area contributed by atoms with Gasteiger partial charge in [-0.05, 0) is 26.3 Å². The topological polar surface area (TPSA) is 55.6 Å². The zero-order valence-electron chi connectivity index (χ0n) is 12.8. The van der Waals surface area contributed by atoms with Crippen LogP contribution in [-0.4, -0.2) is 26.3 Å². The van der Waals surface area contributed by atoms with Crippen LogP contribution in [0.2, 0.25) is 0 Å². The van der Waals surface area contributed by atoms with Crippen LogP contribution in [0.3, 0.4) is 0 Å². The van der Waals surface area contributed by atoms with Crippen LogP contribution in [0.1, 0.15) is 43.4 Å². The van der Waals surface area contributed by atoms with E-state index in [1.54, 1.807) is 6.33 Å². The van der Waals surface area contributed by atoms with Gasteiger partial charge in [0.2, 0.25) is 0 Å². The van der Waals surface area contributed by atoms with Crippen LogP contribution in [0.15, 0.2) is 12.4 Å². The minimum atomic E-state index is 0.854. The Morgan fingerprint density at radius 2 is 1.95 bits per heavy atom. The Bertz CT molecular complexity index is 574. The number of hydrogen-bond donors (Lipinski definition) is 1. The second kappa shape index (κ2) is 6.61. The quantitative estimate of drug-likeness (QED) is 0.876. The Morgan fingerprint density at radius 1 is 1.15 bits per heavy atom. The van der Waals surface area contributed by atoms with E-state index in [1.165, 1.54) is 11.3 Å². The summed E-state index contributed by atoms with van der Waals surface area (Å²) in [5, 5.41) is 8.15. The zero-order valence-corrected chi connectivity index (χ0v) is 12.8. The fourth-order valence-electron chi connectivity index (χ4n) is 2.38. The minimum Gasteiger partial charge on any atom is -0.313 e. The average molecular weight is 273 g/mol. The Hall–Kier alpha value is -1.75. The van der Waals surface area contributed by atoms with Crippen molar-refractivity contribution in [2.75, 3.05) is 6.54 Å². The summed E-state index contributed by atoms with van der Waals surface area (Å²) in [4.78, 5) is 8.51. The van der Waals surface area contributed by atoms with Gasteiger partial charge in [0.15, 0.2) is 5.82 Å². The lowest BCUT2D eigenvalue weighted by molar-refractivity contribution is 0.711. The molecule has 0 amide bonds. The smallest absolute Gasteiger partial charge is 0.157 e. The molecule has 0 bridgehead atoms. The molecular weight excluding hydrogens is 250 g/mol. The van der Waals surface area contributed by atoms with Gasteiger partial charge in [0, 0.05) is 23.9 Å². The second-order valence-corrected chi connectivity index (χ2v) is 4.79. The van der Waals surface area contributed by atoms with Crippen molar-refractivity contribution in [3.63, 3.8) is 0 Å². The molecule has 0 atom stereocenters. The van der Waals surface area contributed by atoms with Crippen LogP contribution in [-0.2, 0) is 19.4 Å². The van der Waals surface area contributed by atoms with Gasteiger partial charge in [0.25, 0.3) is 0 Å². The minimum absolute atomic E-state index is 0.854. The molecule has 108 valence electrons. The van der Waals surface area contributed by atoms with E-state index >= 15 is 0 Å². The second-order valence-electron chi connectivity index (χ2n) is 4.79. The molecule has 0 saturated heterocycles. The first-order chi connectivity index (χ1) is 9.71. The maximum absolute atomic E-state index is 4.75. The average Bonchev–Trinajstić information content (AvgIpc) is 2.82. The van der Waals surface area contributed by atoms with Gasteiger partial charge < -0.3 is 5.32 Å². The highest BCUT2D eigenvalue weighted by molar-refractivity contribution is 5.34. The van der Waals surface area contributed by atoms with Crippen molar-refractivity contribution < 1.29 is 0 Å². The van der Waals surface area contributed by atoms with E-state index < -0.39 is 0 Å². The summed E-state index contributed by atoms with van der Waals surface area (Å²) in [7, 11) is 0. The lowest BCUT2D eigenvalue weighted by atomic mass is 10.1. The molecule has 2 aromatic heterocycles. The van der Waals surface area contributed by atoms with E-state index in [-0.39, 0.29) is 0 Å². The van der Waals surface area contributed by atoms with Gasteiger partial charge in [-0.15, -0.1) is 0 Å². The summed E-state index contributed by atoms with van der Waals surface area (Å²) in [6, 6.07) is 1.97. The summed E-state index contributed by atoms with van der Waals surface area (Å²) in [5.41, 5.74) is 4.66. The van der Waals surface area contributed by atoms with Crippen molar-refractivity contribution in [2.24, 2.45) is 0 Å². The third-order valence-electron chi connectivity index (χ3n) is 3.40. The Labute approximate surface area is 120 Å². The van der Waals surface area contributed by atoms with E-state index in [1.807, 2.05) is 17.7 Å². The first-order valence-electron chi connectivity index (χ1n) is 7.30. The van der Waals surface area contributed by atoms with Gasteiger partial charge in [-0.3, -0.25) is 0 Å². The van der Waals surface area contributed by atoms with Crippen LogP contribution in [0, 0.1) is 6.92 Å². The lowest BCUT2D eigenvalue weighted by Crippen LogP contribution is -2.14. The van der Waals surface area contributed by atoms with E-state index in [0.29, 0.717) is 0 Å². The van der Waals surface area contributed by atoms with E-state index in [0.717, 1.165) is 43.1 Å². The maximum atomic E-state index is 4.75. The van der Waals surface area contributed by atoms with Crippen molar-refractivity contribution >= 4 is 0 Å². The SMILES string of the molecule is CCNCc1c(CC)nn(-c2cc(C)ncn2)c1CC. The number of hydrogen-bond acceptors (Lipinski definition) is 4. The standard InChI is InChI=1S/C15H23N5/c1-5-13-12(9-16-7-3)14(6-2)20(19-13)15-8-11(4)17-10-18-15/h8,10,16H,5-7,9H2,1-4H3. The summed E-state index contributed by atoms with van der Waals surface area (Å²) in [5.74, 6) is 0.854. The molecule has 2 aromatic rings. The molecule has 0 fully saturated rings. The largest absolute Gasteiger partial charge is 0.313 e. The highest BCUT2D eigenvalue weighted by atomic mass is 15.3. The normalized spacial score (nSPS) is 11.0. The van der Waals surface area contributed by atoms with E-state index in [4.69, 9.17) is 5.10 Å². The predicted molar refractivity (Wildman–Crippen MR) is 80.0 cm³/mol. The summed E-state index contributed by atoms with van der Waals surface area (Å²) in [6.07, 6.45) is 3.48. The van der Waals surface area contributed by atoms with Gasteiger partial charge in [-0.2, -0.15) is 5.10 Å². The van der Waals surface area contributed by atoms with Gasteiger partial charge in [0.05, 0.1) is 11.4 Å². The van der Waals surface area contributed by atoms with Gasteiger partial charge in [0.1, 0.15) is 6.33 Å². The first-order valence-corrected chi connectivity index (χ1v) is 7.30. The van der Waals surface area contributed by atoms with Crippen molar-refractivity contribution in [3.05, 3.63) is 35.0 Å². The monoisotopic (exact) mass is 273 g/mol. The molecule has 0 radical (unpaired) electrons. The molecule has 0 aliphatic carbocycles. The van der Waals surface area contributed by atoms with Crippen LogP contribution in [0.4, 0.5) is 0 Å². The van der Waals surface area contributed by atoms with Crippen LogP contribution >= 0.6 is 0 Å². The third-order valence-corrected chi connectivity index (χ3v) is 3.40. The Morgan fingerprint density at radius 3 is 2.55 bits per heavy atom. The number of nitrogens with one attached hydrogen (secondary N) is 1. The Kier molecular flexibility index (Phi) is 4.84. The van der Waals surface area contributed by atoms with Crippen molar-refractivity contribution in [2.45, 2.75) is 47.1 Å². The number of aromatic nitrogens is 4. The molecule has 1 N–H and O–H groups in total. The molecular formula is C15H23N5. The highest BCUT2D eigenvalue weighted by Crippen LogP contribution is 2.19. The van der Waals surface area contributed by atoms with Crippen molar-refractivity contribution in [3.8, 4) is 5.82 Å². The number of nitrogens with zero attached hydrogens (tertiary/aromatic N) is 4. The first kappa shape index (κ1) is 14.7. The van der Waals surface area contributed by atoms with Gasteiger partial charge in [-0.1, -0.05) is 20.8 Å². The molecule has 0 saturated carbocycles. The molecule has 5 heteroatoms. The van der Waals surface area contributed by atoms with Crippen molar-refractivity contribution in [1.29, 1.82) is 0 Å². The molecule has 0 aliphatic heterocycles. The molecule has 5 nitrogen and oxygen atoms in total. The van der Waals surface area contributed by atoms with Crippen LogP contribution in [0.5, 0.6) is 0 Å². The zero-order chi connectivity index (χ0) is 14.5. The fraction of sp³-hybridized carbons (Fsp3) is 0.533. The van der Waals surface area contributed by atoms with Crippen molar-refractivity contribution in [1.82, 2.24) is 25.1 Å². The molecule has 2 rings (SSSR count). The summed E-state index contributed by atoms with van der Waals surface area (Å²) in [6.45, 7) is 10.2. The molecule has 0 spiro atoms. The van der Waals surface area contributed by atoms with E-state index in [9.17, 15) is 0 Å². The number of rotatable bonds is 6. The molecule has 20 heavy (non-hydrogen) atoms. The van der Waals surface area contributed by atoms with Crippen LogP contribution in [0.25, 0.3) is 5.82 Å². The van der Waals surface area contributed by atoms with Gasteiger partial charge >= 0.3 is 0 Å². The molecule has 0 aliphatic rings. The molecule has 0 unspecified atom stereocenters. The molecule has 0 aromatic carbocycles. The highest BCUT2D eigenvalue weighted by Gasteiger charge is 2.16. The third kappa shape index (κ3) is 2.88. The summed E-state index contributed by atoms with van der Waals surface area (Å²) >= 11 is 0. The summed E-state index contributed by atoms with van der Waals surface area (Å²) < 4.78 is 1.97. The lowest BCUT2D eigenvalue weighted by Gasteiger charge is -2.08. The van der Waals surface area contributed by atoms with E-state index in [2.05, 4.69) is 36.1 Å². The number of aryl methyl sites for hydroxylation is 2.